The number of imidazole rings is 1. The van der Waals surface area contributed by atoms with Gasteiger partial charge in [0.2, 0.25) is 5.88 Å². The molecule has 7 rings (SSSR count). The van der Waals surface area contributed by atoms with Gasteiger partial charge in [0, 0.05) is 64.0 Å². The van der Waals surface area contributed by atoms with Crippen LogP contribution in [-0.2, 0) is 19.5 Å². The van der Waals surface area contributed by atoms with Gasteiger partial charge in [-0.25, -0.2) is 14.4 Å². The van der Waals surface area contributed by atoms with Gasteiger partial charge in [-0.15, -0.1) is 0 Å². The predicted octanol–water partition coefficient (Wildman–Crippen LogP) is 5.09. The first-order valence-corrected chi connectivity index (χ1v) is 17.1. The molecular formula is C37H42FN7O3. The highest BCUT2D eigenvalue weighted by atomic mass is 19.1. The van der Waals surface area contributed by atoms with Crippen molar-refractivity contribution < 1.29 is 18.7 Å². The molecule has 2 amide bonds. The van der Waals surface area contributed by atoms with Gasteiger partial charge in [0.05, 0.1) is 6.20 Å². The molecule has 2 aliphatic heterocycles. The lowest BCUT2D eigenvalue weighted by Gasteiger charge is -2.29. The van der Waals surface area contributed by atoms with Crippen molar-refractivity contribution in [2.45, 2.75) is 70.1 Å². The van der Waals surface area contributed by atoms with Crippen LogP contribution in [0.1, 0.15) is 70.8 Å². The molecule has 3 N–H and O–H groups in total. The third-order valence-corrected chi connectivity index (χ3v) is 9.55. The number of carbonyl (C=O) groups excluding carboxylic acids is 2. The number of aromatic nitrogens is 3. The zero-order valence-corrected chi connectivity index (χ0v) is 27.1. The summed E-state index contributed by atoms with van der Waals surface area (Å²) in [5.74, 6) is 0.316. The van der Waals surface area contributed by atoms with E-state index in [1.54, 1.807) is 6.07 Å². The number of hydrogen-bond donors (Lipinski definition) is 3. The molecule has 48 heavy (non-hydrogen) atoms. The van der Waals surface area contributed by atoms with Crippen LogP contribution in [0.5, 0.6) is 11.6 Å². The molecule has 10 nitrogen and oxygen atoms in total. The van der Waals surface area contributed by atoms with Crippen molar-refractivity contribution in [3.63, 3.8) is 0 Å². The SMILES string of the molecule is O=C(NC1CCC(NC(=O)c2cc(F)cnc2Oc2cccc(-c3ccc(CN4CCNCC4)cc3)c2)CC1)c1cn2c(n1)CCCC2. The summed E-state index contributed by atoms with van der Waals surface area (Å²) in [5, 5.41) is 9.54. The van der Waals surface area contributed by atoms with Crippen molar-refractivity contribution in [3.05, 3.63) is 95.5 Å². The summed E-state index contributed by atoms with van der Waals surface area (Å²) in [6, 6.07) is 17.2. The molecule has 250 valence electrons. The van der Waals surface area contributed by atoms with Crippen molar-refractivity contribution in [1.82, 2.24) is 35.4 Å². The summed E-state index contributed by atoms with van der Waals surface area (Å²) in [7, 11) is 0. The minimum absolute atomic E-state index is 0.00908. The Morgan fingerprint density at radius 3 is 2.40 bits per heavy atom. The van der Waals surface area contributed by atoms with E-state index in [1.807, 2.05) is 24.4 Å². The minimum atomic E-state index is -0.616. The number of hydrogen-bond acceptors (Lipinski definition) is 7. The summed E-state index contributed by atoms with van der Waals surface area (Å²) < 4.78 is 22.5. The highest BCUT2D eigenvalue weighted by Crippen LogP contribution is 2.29. The van der Waals surface area contributed by atoms with Crippen LogP contribution in [-0.4, -0.2) is 69.5 Å². The fourth-order valence-corrected chi connectivity index (χ4v) is 6.88. The van der Waals surface area contributed by atoms with E-state index < -0.39 is 11.7 Å². The Kier molecular flexibility index (Phi) is 9.76. The highest BCUT2D eigenvalue weighted by molar-refractivity contribution is 5.96. The van der Waals surface area contributed by atoms with Crippen molar-refractivity contribution in [2.24, 2.45) is 0 Å². The van der Waals surface area contributed by atoms with E-state index >= 15 is 0 Å². The third-order valence-electron chi connectivity index (χ3n) is 9.55. The number of ether oxygens (including phenoxy) is 1. The fraction of sp³-hybridized carbons (Fsp3) is 0.405. The van der Waals surface area contributed by atoms with E-state index in [4.69, 9.17) is 4.74 Å². The summed E-state index contributed by atoms with van der Waals surface area (Å²) in [4.78, 5) is 37.4. The van der Waals surface area contributed by atoms with Gasteiger partial charge >= 0.3 is 0 Å². The summed E-state index contributed by atoms with van der Waals surface area (Å²) >= 11 is 0. The van der Waals surface area contributed by atoms with Crippen LogP contribution in [0.4, 0.5) is 4.39 Å². The summed E-state index contributed by atoms with van der Waals surface area (Å²) in [6.07, 6.45) is 8.84. The second kappa shape index (κ2) is 14.7. The molecule has 2 fully saturated rings. The molecule has 2 aromatic carbocycles. The Balaban J connectivity index is 0.948. The molecule has 1 saturated heterocycles. The van der Waals surface area contributed by atoms with Gasteiger partial charge in [0.15, 0.2) is 0 Å². The number of rotatable bonds is 9. The molecule has 0 atom stereocenters. The first-order chi connectivity index (χ1) is 23.5. The number of fused-ring (bicyclic) bond motifs is 1. The van der Waals surface area contributed by atoms with E-state index in [0.717, 1.165) is 101 Å². The van der Waals surface area contributed by atoms with E-state index in [1.165, 1.54) is 5.56 Å². The molecule has 0 radical (unpaired) electrons. The second-order valence-corrected chi connectivity index (χ2v) is 13.0. The Morgan fingerprint density at radius 2 is 1.65 bits per heavy atom. The van der Waals surface area contributed by atoms with Gasteiger partial charge in [-0.1, -0.05) is 36.4 Å². The number of piperazine rings is 1. The second-order valence-electron chi connectivity index (χ2n) is 13.0. The van der Waals surface area contributed by atoms with Crippen molar-refractivity contribution in [2.75, 3.05) is 26.2 Å². The van der Waals surface area contributed by atoms with Crippen molar-refractivity contribution in [1.29, 1.82) is 0 Å². The van der Waals surface area contributed by atoms with Crippen LogP contribution < -0.4 is 20.7 Å². The molecule has 0 spiro atoms. The van der Waals surface area contributed by atoms with Crippen LogP contribution >= 0.6 is 0 Å². The van der Waals surface area contributed by atoms with Gasteiger partial charge in [-0.05, 0) is 73.4 Å². The molecule has 0 unspecified atom stereocenters. The third kappa shape index (κ3) is 7.74. The number of carbonyl (C=O) groups is 2. The minimum Gasteiger partial charge on any atom is -0.438 e. The van der Waals surface area contributed by atoms with E-state index in [0.29, 0.717) is 24.3 Å². The topological polar surface area (TPSA) is 113 Å². The number of nitrogens with one attached hydrogen (secondary N) is 3. The molecule has 0 bridgehead atoms. The van der Waals surface area contributed by atoms with Gasteiger partial charge < -0.3 is 25.3 Å². The number of amides is 2. The molecule has 1 saturated carbocycles. The molecule has 11 heteroatoms. The Morgan fingerprint density at radius 1 is 0.896 bits per heavy atom. The number of benzene rings is 2. The maximum atomic E-state index is 14.3. The first-order valence-electron chi connectivity index (χ1n) is 17.1. The van der Waals surface area contributed by atoms with Crippen LogP contribution in [0.15, 0.2) is 67.0 Å². The van der Waals surface area contributed by atoms with Crippen LogP contribution in [0, 0.1) is 5.82 Å². The largest absolute Gasteiger partial charge is 0.438 e. The normalized spacial score (nSPS) is 19.7. The molecular weight excluding hydrogens is 609 g/mol. The molecule has 1 aliphatic carbocycles. The number of pyridine rings is 1. The monoisotopic (exact) mass is 651 g/mol. The molecule has 4 heterocycles. The lowest BCUT2D eigenvalue weighted by Crippen LogP contribution is -2.44. The predicted molar refractivity (Wildman–Crippen MR) is 180 cm³/mol. The van der Waals surface area contributed by atoms with Crippen molar-refractivity contribution >= 4 is 11.8 Å². The highest BCUT2D eigenvalue weighted by Gasteiger charge is 2.27. The van der Waals surface area contributed by atoms with Gasteiger partial charge in [0.25, 0.3) is 11.8 Å². The van der Waals surface area contributed by atoms with Crippen molar-refractivity contribution in [3.8, 4) is 22.8 Å². The van der Waals surface area contributed by atoms with E-state index in [9.17, 15) is 14.0 Å². The summed E-state index contributed by atoms with van der Waals surface area (Å²) in [5.41, 5.74) is 3.79. The fourth-order valence-electron chi connectivity index (χ4n) is 6.88. The Hall–Kier alpha value is -4.61. The number of nitrogens with zero attached hydrogens (tertiary/aromatic N) is 4. The Labute approximate surface area is 280 Å². The van der Waals surface area contributed by atoms with Gasteiger partial charge in [-0.3, -0.25) is 14.5 Å². The molecule has 4 aromatic rings. The zero-order chi connectivity index (χ0) is 32.9. The zero-order valence-electron chi connectivity index (χ0n) is 27.1. The average molecular weight is 652 g/mol. The van der Waals surface area contributed by atoms with Crippen LogP contribution in [0.2, 0.25) is 0 Å². The lowest BCUT2D eigenvalue weighted by atomic mass is 9.91. The van der Waals surface area contributed by atoms with Gasteiger partial charge in [0.1, 0.15) is 28.6 Å². The average Bonchev–Trinajstić information content (AvgIpc) is 3.56. The van der Waals surface area contributed by atoms with Crippen LogP contribution in [0.3, 0.4) is 0 Å². The Bertz CT molecular complexity index is 1720. The van der Waals surface area contributed by atoms with Gasteiger partial charge in [-0.2, -0.15) is 0 Å². The number of aryl methyl sites for hydroxylation is 2. The molecule has 2 aromatic heterocycles. The van der Waals surface area contributed by atoms with Crippen LogP contribution in [0.25, 0.3) is 11.1 Å². The lowest BCUT2D eigenvalue weighted by molar-refractivity contribution is 0.0887. The quantitative estimate of drug-likeness (QED) is 0.231. The first kappa shape index (κ1) is 32.0. The maximum absolute atomic E-state index is 14.3. The smallest absolute Gasteiger partial charge is 0.271 e. The molecule has 3 aliphatic rings. The standard InChI is InChI=1S/C37H42FN7O3/c38-28-21-32(35(46)41-29-11-13-30(14-12-29)42-36(47)33-24-45-17-2-1-6-34(45)43-33)37(40-22-28)48-31-5-3-4-27(20-31)26-9-7-25(8-10-26)23-44-18-15-39-16-19-44/h3-5,7-10,20-22,24,29-30,39H,1-2,6,11-19,23H2,(H,41,46)(H,42,47). The van der Waals surface area contributed by atoms with E-state index in [2.05, 4.69) is 59.7 Å². The van der Waals surface area contributed by atoms with E-state index in [-0.39, 0.29) is 29.4 Å². The number of halogens is 1. The maximum Gasteiger partial charge on any atom is 0.271 e. The summed E-state index contributed by atoms with van der Waals surface area (Å²) in [6.45, 7) is 5.98.